The van der Waals surface area contributed by atoms with Gasteiger partial charge in [0, 0.05) is 28.4 Å². The molecule has 132 valence electrons. The Balaban J connectivity index is 1.73. The zero-order valence-corrected chi connectivity index (χ0v) is 15.3. The van der Waals surface area contributed by atoms with Crippen molar-refractivity contribution in [1.82, 2.24) is 0 Å². The van der Waals surface area contributed by atoms with E-state index in [4.69, 9.17) is 0 Å². The van der Waals surface area contributed by atoms with Gasteiger partial charge in [0.1, 0.15) is 0 Å². The lowest BCUT2D eigenvalue weighted by atomic mass is 10.1. The molecular weight excluding hydrogens is 328 g/mol. The molecule has 0 amide bonds. The van der Waals surface area contributed by atoms with Gasteiger partial charge in [-0.25, -0.2) is 0 Å². The molecule has 4 rings (SSSR count). The van der Waals surface area contributed by atoms with E-state index in [0.29, 0.717) is 0 Å². The molecule has 2 heteroatoms. The maximum atomic E-state index is 3.52. The number of anilines is 5. The van der Waals surface area contributed by atoms with Crippen molar-refractivity contribution in [2.24, 2.45) is 0 Å². The predicted molar refractivity (Wildman–Crippen MR) is 116 cm³/mol. The maximum Gasteiger partial charge on any atom is 0.0482 e. The number of benzene rings is 4. The Hall–Kier alpha value is -3.52. The Morgan fingerprint density at radius 2 is 1.04 bits per heavy atom. The maximum absolute atomic E-state index is 3.52. The summed E-state index contributed by atoms with van der Waals surface area (Å²) in [4.78, 5) is 2.27. The number of nitrogens with one attached hydrogen (secondary N) is 1. The number of para-hydroxylation sites is 2. The second-order valence-corrected chi connectivity index (χ2v) is 6.55. The third kappa shape index (κ3) is 4.01. The van der Waals surface area contributed by atoms with Gasteiger partial charge >= 0.3 is 0 Å². The van der Waals surface area contributed by atoms with Gasteiger partial charge in [-0.1, -0.05) is 54.6 Å². The lowest BCUT2D eigenvalue weighted by Gasteiger charge is -2.26. The van der Waals surface area contributed by atoms with Crippen molar-refractivity contribution in [3.63, 3.8) is 0 Å². The molecule has 2 nitrogen and oxygen atoms in total. The van der Waals surface area contributed by atoms with E-state index in [1.54, 1.807) is 0 Å². The average Bonchev–Trinajstić information content (AvgIpc) is 2.70. The fourth-order valence-corrected chi connectivity index (χ4v) is 3.21. The number of nitrogens with zero attached hydrogens (tertiary/aromatic N) is 1. The second-order valence-electron chi connectivity index (χ2n) is 6.55. The summed E-state index contributed by atoms with van der Waals surface area (Å²) < 4.78 is 0. The summed E-state index contributed by atoms with van der Waals surface area (Å²) in [5, 5.41) is 3.52. The van der Waals surface area contributed by atoms with E-state index in [2.05, 4.69) is 114 Å². The highest BCUT2D eigenvalue weighted by molar-refractivity contribution is 5.78. The summed E-state index contributed by atoms with van der Waals surface area (Å²) >= 11 is 0. The molecule has 0 heterocycles. The molecule has 0 atom stereocenters. The molecule has 0 aliphatic carbocycles. The van der Waals surface area contributed by atoms with Crippen molar-refractivity contribution >= 4 is 28.4 Å². The predicted octanol–water partition coefficient (Wildman–Crippen LogP) is 7.21. The first kappa shape index (κ1) is 16.9. The molecule has 0 spiro atoms. The van der Waals surface area contributed by atoms with E-state index >= 15 is 0 Å². The Bertz CT molecular complexity index is 971. The van der Waals surface area contributed by atoms with E-state index in [0.717, 1.165) is 28.4 Å². The molecule has 0 saturated carbocycles. The van der Waals surface area contributed by atoms with Gasteiger partial charge in [-0.2, -0.15) is 0 Å². The van der Waals surface area contributed by atoms with Crippen LogP contribution in [0, 0.1) is 6.92 Å². The molecule has 4 aromatic carbocycles. The Morgan fingerprint density at radius 1 is 0.519 bits per heavy atom. The minimum Gasteiger partial charge on any atom is -0.355 e. The fraction of sp³-hybridized carbons (Fsp3) is 0.0400. The minimum atomic E-state index is 1.06. The highest BCUT2D eigenvalue weighted by Crippen LogP contribution is 2.35. The van der Waals surface area contributed by atoms with Crippen LogP contribution in [0.2, 0.25) is 0 Å². The van der Waals surface area contributed by atoms with Gasteiger partial charge < -0.3 is 10.2 Å². The van der Waals surface area contributed by atoms with Crippen LogP contribution in [-0.2, 0) is 0 Å². The molecule has 0 saturated heterocycles. The van der Waals surface area contributed by atoms with Crippen LogP contribution in [0.1, 0.15) is 5.56 Å². The lowest BCUT2D eigenvalue weighted by molar-refractivity contribution is 1.28. The molecular formula is C25H22N2. The highest BCUT2D eigenvalue weighted by Gasteiger charge is 2.12. The number of rotatable bonds is 5. The highest BCUT2D eigenvalue weighted by atomic mass is 15.1. The summed E-state index contributed by atoms with van der Waals surface area (Å²) in [6.07, 6.45) is 0. The monoisotopic (exact) mass is 350 g/mol. The first-order valence-corrected chi connectivity index (χ1v) is 9.13. The first-order chi connectivity index (χ1) is 13.3. The van der Waals surface area contributed by atoms with Crippen LogP contribution in [-0.4, -0.2) is 0 Å². The van der Waals surface area contributed by atoms with E-state index in [-0.39, 0.29) is 0 Å². The second kappa shape index (κ2) is 7.79. The number of aryl methyl sites for hydroxylation is 1. The zero-order valence-electron chi connectivity index (χ0n) is 15.3. The van der Waals surface area contributed by atoms with Gasteiger partial charge in [-0.05, 0) is 67.1 Å². The van der Waals surface area contributed by atoms with Crippen LogP contribution >= 0.6 is 0 Å². The molecule has 0 aromatic heterocycles. The first-order valence-electron chi connectivity index (χ1n) is 9.13. The van der Waals surface area contributed by atoms with Gasteiger partial charge in [-0.3, -0.25) is 0 Å². The van der Waals surface area contributed by atoms with Gasteiger partial charge in [0.15, 0.2) is 0 Å². The quantitative estimate of drug-likeness (QED) is 0.409. The molecule has 0 aliphatic rings. The lowest BCUT2D eigenvalue weighted by Crippen LogP contribution is -2.09. The largest absolute Gasteiger partial charge is 0.355 e. The molecule has 4 aromatic rings. The van der Waals surface area contributed by atoms with Gasteiger partial charge in [0.05, 0.1) is 0 Å². The third-order valence-corrected chi connectivity index (χ3v) is 4.44. The number of hydrogen-bond donors (Lipinski definition) is 1. The van der Waals surface area contributed by atoms with Crippen LogP contribution in [0.4, 0.5) is 28.4 Å². The fourth-order valence-electron chi connectivity index (χ4n) is 3.21. The van der Waals surface area contributed by atoms with Crippen molar-refractivity contribution in [1.29, 1.82) is 0 Å². The normalized spacial score (nSPS) is 10.4. The van der Waals surface area contributed by atoms with Crippen molar-refractivity contribution in [2.45, 2.75) is 6.92 Å². The van der Waals surface area contributed by atoms with Crippen molar-refractivity contribution in [2.75, 3.05) is 10.2 Å². The van der Waals surface area contributed by atoms with Crippen LogP contribution in [0.3, 0.4) is 0 Å². The van der Waals surface area contributed by atoms with E-state index in [1.807, 2.05) is 12.1 Å². The van der Waals surface area contributed by atoms with Gasteiger partial charge in [-0.15, -0.1) is 0 Å². The van der Waals surface area contributed by atoms with Gasteiger partial charge in [0.25, 0.3) is 0 Å². The van der Waals surface area contributed by atoms with Crippen LogP contribution < -0.4 is 10.2 Å². The molecule has 0 aliphatic heterocycles. The molecule has 0 unspecified atom stereocenters. The zero-order chi connectivity index (χ0) is 18.5. The van der Waals surface area contributed by atoms with E-state index in [1.165, 1.54) is 5.56 Å². The van der Waals surface area contributed by atoms with Crippen LogP contribution in [0.25, 0.3) is 0 Å². The Kier molecular flexibility index (Phi) is 4.88. The van der Waals surface area contributed by atoms with E-state index < -0.39 is 0 Å². The topological polar surface area (TPSA) is 15.3 Å². The van der Waals surface area contributed by atoms with Crippen molar-refractivity contribution in [3.05, 3.63) is 115 Å². The van der Waals surface area contributed by atoms with Crippen molar-refractivity contribution in [3.8, 4) is 0 Å². The summed E-state index contributed by atoms with van der Waals surface area (Å²) in [5.74, 6) is 0. The molecule has 0 radical (unpaired) electrons. The molecule has 0 bridgehead atoms. The molecule has 1 N–H and O–H groups in total. The average molecular weight is 350 g/mol. The van der Waals surface area contributed by atoms with Crippen LogP contribution in [0.15, 0.2) is 109 Å². The Labute approximate surface area is 160 Å². The smallest absolute Gasteiger partial charge is 0.0482 e. The summed E-state index contributed by atoms with van der Waals surface area (Å²) in [6, 6.07) is 37.8. The summed E-state index contributed by atoms with van der Waals surface area (Å²) in [5.41, 5.74) is 6.79. The minimum absolute atomic E-state index is 1.06. The Morgan fingerprint density at radius 3 is 1.63 bits per heavy atom. The standard InChI is InChI=1S/C25H22N2/c1-20-10-8-11-21(18-20)26-22-12-9-17-25(19-22)27(23-13-4-2-5-14-23)24-15-6-3-7-16-24/h2-19,26H,1H3. The summed E-state index contributed by atoms with van der Waals surface area (Å²) in [6.45, 7) is 2.11. The SMILES string of the molecule is Cc1cccc(Nc2cccc(N(c3ccccc3)c3ccccc3)c2)c1. The van der Waals surface area contributed by atoms with E-state index in [9.17, 15) is 0 Å². The molecule has 27 heavy (non-hydrogen) atoms. The third-order valence-electron chi connectivity index (χ3n) is 4.44. The van der Waals surface area contributed by atoms with Crippen LogP contribution in [0.5, 0.6) is 0 Å². The summed E-state index contributed by atoms with van der Waals surface area (Å²) in [7, 11) is 0. The molecule has 0 fully saturated rings. The van der Waals surface area contributed by atoms with Crippen molar-refractivity contribution < 1.29 is 0 Å². The van der Waals surface area contributed by atoms with Gasteiger partial charge in [0.2, 0.25) is 0 Å². The number of hydrogen-bond acceptors (Lipinski definition) is 2.